The Balaban J connectivity index is 1.73. The van der Waals surface area contributed by atoms with Crippen molar-refractivity contribution < 1.29 is 9.72 Å². The second-order valence-corrected chi connectivity index (χ2v) is 6.59. The Morgan fingerprint density at radius 3 is 2.92 bits per heavy atom. The second-order valence-electron chi connectivity index (χ2n) is 6.59. The average Bonchev–Trinajstić information content (AvgIpc) is 2.58. The van der Waals surface area contributed by atoms with Crippen LogP contribution in [0, 0.1) is 16.0 Å². The molecule has 1 heterocycles. The molecule has 1 atom stereocenters. The Morgan fingerprint density at radius 2 is 2.21 bits per heavy atom. The lowest BCUT2D eigenvalue weighted by atomic mass is 9.97. The summed E-state index contributed by atoms with van der Waals surface area (Å²) in [5.74, 6) is 0.477. The number of benzene rings is 1. The van der Waals surface area contributed by atoms with Crippen molar-refractivity contribution >= 4 is 11.7 Å². The van der Waals surface area contributed by atoms with E-state index in [0.29, 0.717) is 24.1 Å². The van der Waals surface area contributed by atoms with Crippen molar-refractivity contribution in [2.24, 2.45) is 5.92 Å². The van der Waals surface area contributed by atoms with Gasteiger partial charge in [-0.15, -0.1) is 0 Å². The minimum Gasteiger partial charge on any atom is -0.338 e. The van der Waals surface area contributed by atoms with E-state index in [1.807, 2.05) is 0 Å². The van der Waals surface area contributed by atoms with Crippen LogP contribution >= 0.6 is 0 Å². The van der Waals surface area contributed by atoms with Crippen molar-refractivity contribution in [3.05, 3.63) is 39.9 Å². The maximum atomic E-state index is 11.9. The summed E-state index contributed by atoms with van der Waals surface area (Å²) < 4.78 is 0. The molecule has 1 fully saturated rings. The van der Waals surface area contributed by atoms with Crippen LogP contribution in [-0.4, -0.2) is 41.5 Å². The molecule has 2 rings (SSSR count). The number of nitro groups is 1. The molecule has 0 aromatic heterocycles. The molecule has 2 N–H and O–H groups in total. The normalized spacial score (nSPS) is 18.4. The Morgan fingerprint density at radius 1 is 1.42 bits per heavy atom. The largest absolute Gasteiger partial charge is 0.338 e. The zero-order chi connectivity index (χ0) is 17.5. The second kappa shape index (κ2) is 8.63. The van der Waals surface area contributed by atoms with Crippen LogP contribution in [0.15, 0.2) is 24.3 Å². The summed E-state index contributed by atoms with van der Waals surface area (Å²) in [4.78, 5) is 24.7. The van der Waals surface area contributed by atoms with Gasteiger partial charge in [-0.1, -0.05) is 12.1 Å². The number of rotatable bonds is 6. The van der Waals surface area contributed by atoms with E-state index >= 15 is 0 Å². The molecule has 0 bridgehead atoms. The standard InChI is InChI=1S/C17H26N4O3/c1-13(2)20-8-4-6-15(12-20)11-19-17(22)18-10-14-5-3-7-16(9-14)21(23)24/h3,5,7,9,13,15H,4,6,8,10-12H2,1-2H3,(H2,18,19,22). The topological polar surface area (TPSA) is 87.5 Å². The van der Waals surface area contributed by atoms with E-state index in [4.69, 9.17) is 0 Å². The number of amides is 2. The van der Waals surface area contributed by atoms with Gasteiger partial charge in [0.25, 0.3) is 5.69 Å². The summed E-state index contributed by atoms with van der Waals surface area (Å²) in [6, 6.07) is 6.60. The predicted molar refractivity (Wildman–Crippen MR) is 92.8 cm³/mol. The SMILES string of the molecule is CC(C)N1CCCC(CNC(=O)NCc2cccc([N+](=O)[O-])c2)C1. The number of urea groups is 1. The maximum absolute atomic E-state index is 11.9. The fraction of sp³-hybridized carbons (Fsp3) is 0.588. The molecule has 0 saturated carbocycles. The molecule has 0 aliphatic carbocycles. The van der Waals surface area contributed by atoms with Gasteiger partial charge in [-0.3, -0.25) is 10.1 Å². The number of nitrogens with one attached hydrogen (secondary N) is 2. The minimum absolute atomic E-state index is 0.0330. The third kappa shape index (κ3) is 5.49. The molecule has 1 unspecified atom stereocenters. The van der Waals surface area contributed by atoms with Crippen molar-refractivity contribution in [2.45, 2.75) is 39.3 Å². The molecular weight excluding hydrogens is 308 g/mol. The van der Waals surface area contributed by atoms with Gasteiger partial charge in [0.2, 0.25) is 0 Å². The number of likely N-dealkylation sites (tertiary alicyclic amines) is 1. The first kappa shape index (κ1) is 18.2. The summed E-state index contributed by atoms with van der Waals surface area (Å²) in [6.07, 6.45) is 2.30. The van der Waals surface area contributed by atoms with E-state index in [0.717, 1.165) is 19.5 Å². The summed E-state index contributed by atoms with van der Waals surface area (Å²) in [5.41, 5.74) is 0.744. The molecule has 1 aromatic rings. The summed E-state index contributed by atoms with van der Waals surface area (Å²) >= 11 is 0. The number of carbonyl (C=O) groups is 1. The number of nitrogens with zero attached hydrogens (tertiary/aromatic N) is 2. The first-order valence-electron chi connectivity index (χ1n) is 8.45. The first-order chi connectivity index (χ1) is 11.5. The van der Waals surface area contributed by atoms with Gasteiger partial charge in [-0.2, -0.15) is 0 Å². The van der Waals surface area contributed by atoms with Gasteiger partial charge in [0.05, 0.1) is 4.92 Å². The number of hydrogen-bond donors (Lipinski definition) is 2. The van der Waals surface area contributed by atoms with Crippen molar-refractivity contribution in [3.63, 3.8) is 0 Å². The van der Waals surface area contributed by atoms with E-state index in [2.05, 4.69) is 29.4 Å². The van der Waals surface area contributed by atoms with Crippen molar-refractivity contribution in [1.82, 2.24) is 15.5 Å². The van der Waals surface area contributed by atoms with Gasteiger partial charge in [0.15, 0.2) is 0 Å². The third-order valence-electron chi connectivity index (χ3n) is 4.41. The lowest BCUT2D eigenvalue weighted by molar-refractivity contribution is -0.384. The van der Waals surface area contributed by atoms with Crippen molar-refractivity contribution in [2.75, 3.05) is 19.6 Å². The van der Waals surface area contributed by atoms with Gasteiger partial charge in [0, 0.05) is 37.8 Å². The summed E-state index contributed by atoms with van der Waals surface area (Å²) in [5, 5.41) is 16.4. The molecule has 0 spiro atoms. The highest BCUT2D eigenvalue weighted by molar-refractivity contribution is 5.73. The fourth-order valence-electron chi connectivity index (χ4n) is 2.99. The highest BCUT2D eigenvalue weighted by Crippen LogP contribution is 2.17. The van der Waals surface area contributed by atoms with Crippen LogP contribution in [0.3, 0.4) is 0 Å². The molecule has 7 heteroatoms. The highest BCUT2D eigenvalue weighted by atomic mass is 16.6. The number of carbonyl (C=O) groups excluding carboxylic acids is 1. The maximum Gasteiger partial charge on any atom is 0.315 e. The molecule has 1 saturated heterocycles. The summed E-state index contributed by atoms with van der Waals surface area (Å²) in [6.45, 7) is 7.47. The molecule has 24 heavy (non-hydrogen) atoms. The number of hydrogen-bond acceptors (Lipinski definition) is 4. The Bertz CT molecular complexity index is 577. The average molecular weight is 334 g/mol. The van der Waals surface area contributed by atoms with Gasteiger partial charge in [0.1, 0.15) is 0 Å². The Kier molecular flexibility index (Phi) is 6.54. The first-order valence-corrected chi connectivity index (χ1v) is 8.45. The lowest BCUT2D eigenvalue weighted by Crippen LogP contribution is -2.45. The zero-order valence-electron chi connectivity index (χ0n) is 14.3. The highest BCUT2D eigenvalue weighted by Gasteiger charge is 2.21. The Hall–Kier alpha value is -2.15. The minimum atomic E-state index is -0.437. The van der Waals surface area contributed by atoms with Crippen LogP contribution < -0.4 is 10.6 Å². The lowest BCUT2D eigenvalue weighted by Gasteiger charge is -2.35. The summed E-state index contributed by atoms with van der Waals surface area (Å²) in [7, 11) is 0. The number of piperidine rings is 1. The van der Waals surface area contributed by atoms with E-state index < -0.39 is 4.92 Å². The zero-order valence-corrected chi connectivity index (χ0v) is 14.3. The molecule has 1 aromatic carbocycles. The molecule has 0 radical (unpaired) electrons. The third-order valence-corrected chi connectivity index (χ3v) is 4.41. The van der Waals surface area contributed by atoms with E-state index in [1.165, 1.54) is 18.6 Å². The van der Waals surface area contributed by atoms with Gasteiger partial charge in [-0.25, -0.2) is 4.79 Å². The molecule has 7 nitrogen and oxygen atoms in total. The van der Waals surface area contributed by atoms with Gasteiger partial charge in [-0.05, 0) is 44.7 Å². The van der Waals surface area contributed by atoms with Gasteiger partial charge < -0.3 is 15.5 Å². The van der Waals surface area contributed by atoms with Crippen molar-refractivity contribution in [1.29, 1.82) is 0 Å². The van der Waals surface area contributed by atoms with E-state index in [1.54, 1.807) is 12.1 Å². The van der Waals surface area contributed by atoms with Crippen LogP contribution in [0.2, 0.25) is 0 Å². The van der Waals surface area contributed by atoms with Crippen LogP contribution in [0.5, 0.6) is 0 Å². The van der Waals surface area contributed by atoms with Crippen LogP contribution in [0.4, 0.5) is 10.5 Å². The Labute approximate surface area is 142 Å². The quantitative estimate of drug-likeness (QED) is 0.618. The molecule has 132 valence electrons. The van der Waals surface area contributed by atoms with Crippen molar-refractivity contribution in [3.8, 4) is 0 Å². The molecule has 1 aliphatic rings. The monoisotopic (exact) mass is 334 g/mol. The molecular formula is C17H26N4O3. The van der Waals surface area contributed by atoms with E-state index in [-0.39, 0.29) is 18.3 Å². The van der Waals surface area contributed by atoms with Gasteiger partial charge >= 0.3 is 6.03 Å². The molecule has 2 amide bonds. The van der Waals surface area contributed by atoms with Crippen LogP contribution in [0.1, 0.15) is 32.3 Å². The fourth-order valence-corrected chi connectivity index (χ4v) is 2.99. The van der Waals surface area contributed by atoms with Crippen LogP contribution in [-0.2, 0) is 6.54 Å². The number of non-ortho nitro benzene ring substituents is 1. The number of nitro benzene ring substituents is 1. The molecule has 1 aliphatic heterocycles. The predicted octanol–water partition coefficient (Wildman–Crippen LogP) is 2.51. The smallest absolute Gasteiger partial charge is 0.315 e. The van der Waals surface area contributed by atoms with Crippen LogP contribution in [0.25, 0.3) is 0 Å². The van der Waals surface area contributed by atoms with E-state index in [9.17, 15) is 14.9 Å².